The summed E-state index contributed by atoms with van der Waals surface area (Å²) in [6.07, 6.45) is 0.666. The summed E-state index contributed by atoms with van der Waals surface area (Å²) < 4.78 is 9.78. The molecule has 0 aliphatic rings. The van der Waals surface area contributed by atoms with Gasteiger partial charge in [-0.15, -0.1) is 0 Å². The number of phenols is 1. The summed E-state index contributed by atoms with van der Waals surface area (Å²) in [5, 5.41) is 10.4. The van der Waals surface area contributed by atoms with Gasteiger partial charge in [-0.25, -0.2) is 4.79 Å². The van der Waals surface area contributed by atoms with E-state index in [0.29, 0.717) is 17.6 Å². The van der Waals surface area contributed by atoms with Crippen molar-refractivity contribution in [1.82, 2.24) is 0 Å². The predicted molar refractivity (Wildman–Crippen MR) is 95.7 cm³/mol. The standard InChI is InChI=1S/C17H14O3.C3H8O/c1-11-15(9-12-5-3-2-4-6-12)14-8-7-13(18)10-16(14)20-17(11)19;1-3-4-2/h2-8,10,18H,9H2,1H3;3H2,1-2H3. The van der Waals surface area contributed by atoms with Crippen molar-refractivity contribution in [3.05, 3.63) is 75.6 Å². The predicted octanol–water partition coefficient (Wildman–Crippen LogP) is 4.05. The van der Waals surface area contributed by atoms with Gasteiger partial charge in [0.2, 0.25) is 0 Å². The average Bonchev–Trinajstić information content (AvgIpc) is 2.60. The summed E-state index contributed by atoms with van der Waals surface area (Å²) in [7, 11) is 1.68. The molecule has 0 aliphatic heterocycles. The first-order chi connectivity index (χ1) is 11.6. The van der Waals surface area contributed by atoms with Crippen LogP contribution in [0.3, 0.4) is 0 Å². The minimum absolute atomic E-state index is 0.0927. The van der Waals surface area contributed by atoms with Gasteiger partial charge in [-0.2, -0.15) is 0 Å². The van der Waals surface area contributed by atoms with E-state index in [0.717, 1.165) is 23.1 Å². The fraction of sp³-hybridized carbons (Fsp3) is 0.250. The first-order valence-electron chi connectivity index (χ1n) is 7.85. The van der Waals surface area contributed by atoms with Crippen molar-refractivity contribution in [2.24, 2.45) is 0 Å². The Morgan fingerprint density at radius 2 is 1.79 bits per heavy atom. The highest BCUT2D eigenvalue weighted by Gasteiger charge is 2.12. The molecule has 4 heteroatoms. The van der Waals surface area contributed by atoms with Crippen molar-refractivity contribution in [3.63, 3.8) is 0 Å². The third-order valence-corrected chi connectivity index (χ3v) is 3.76. The number of methoxy groups -OCH3 is 1. The van der Waals surface area contributed by atoms with Crippen LogP contribution in [0.25, 0.3) is 11.0 Å². The highest BCUT2D eigenvalue weighted by Crippen LogP contribution is 2.25. The zero-order chi connectivity index (χ0) is 17.5. The Hall–Kier alpha value is -2.59. The maximum Gasteiger partial charge on any atom is 0.339 e. The largest absolute Gasteiger partial charge is 0.508 e. The van der Waals surface area contributed by atoms with Gasteiger partial charge in [-0.1, -0.05) is 30.3 Å². The van der Waals surface area contributed by atoms with Gasteiger partial charge in [0.25, 0.3) is 0 Å². The normalized spacial score (nSPS) is 10.3. The summed E-state index contributed by atoms with van der Waals surface area (Å²) >= 11 is 0. The number of ether oxygens (including phenoxy) is 1. The minimum Gasteiger partial charge on any atom is -0.508 e. The van der Waals surface area contributed by atoms with E-state index in [1.54, 1.807) is 26.2 Å². The molecule has 0 unspecified atom stereocenters. The summed E-state index contributed by atoms with van der Waals surface area (Å²) in [6.45, 7) is 4.55. The molecule has 0 amide bonds. The second-order valence-corrected chi connectivity index (χ2v) is 5.41. The van der Waals surface area contributed by atoms with Crippen LogP contribution in [0.4, 0.5) is 0 Å². The number of fused-ring (bicyclic) bond motifs is 1. The molecule has 0 fully saturated rings. The summed E-state index contributed by atoms with van der Waals surface area (Å²) in [5.41, 5.74) is 2.77. The zero-order valence-electron chi connectivity index (χ0n) is 14.2. The number of hydrogen-bond acceptors (Lipinski definition) is 4. The van der Waals surface area contributed by atoms with E-state index in [2.05, 4.69) is 4.74 Å². The summed E-state index contributed by atoms with van der Waals surface area (Å²) in [4.78, 5) is 11.9. The number of aromatic hydroxyl groups is 1. The molecule has 1 heterocycles. The smallest absolute Gasteiger partial charge is 0.339 e. The minimum atomic E-state index is -0.353. The summed E-state index contributed by atoms with van der Waals surface area (Å²) in [6, 6.07) is 14.8. The molecular formula is C20H22O4. The van der Waals surface area contributed by atoms with Gasteiger partial charge >= 0.3 is 5.63 Å². The molecule has 4 nitrogen and oxygen atoms in total. The van der Waals surface area contributed by atoms with Crippen molar-refractivity contribution in [1.29, 1.82) is 0 Å². The maximum absolute atomic E-state index is 11.9. The Morgan fingerprint density at radius 3 is 2.42 bits per heavy atom. The number of rotatable bonds is 3. The Labute approximate surface area is 141 Å². The van der Waals surface area contributed by atoms with Crippen molar-refractivity contribution in [2.45, 2.75) is 20.3 Å². The van der Waals surface area contributed by atoms with E-state index in [-0.39, 0.29) is 11.4 Å². The molecule has 0 atom stereocenters. The van der Waals surface area contributed by atoms with Crippen LogP contribution in [-0.4, -0.2) is 18.8 Å². The maximum atomic E-state index is 11.9. The lowest BCUT2D eigenvalue weighted by molar-refractivity contribution is 0.215. The highest BCUT2D eigenvalue weighted by atomic mass is 16.5. The monoisotopic (exact) mass is 326 g/mol. The van der Waals surface area contributed by atoms with Gasteiger partial charge in [0.05, 0.1) is 0 Å². The lowest BCUT2D eigenvalue weighted by Gasteiger charge is -2.09. The molecule has 0 saturated carbocycles. The van der Waals surface area contributed by atoms with E-state index in [1.165, 1.54) is 6.07 Å². The lowest BCUT2D eigenvalue weighted by atomic mass is 9.98. The first kappa shape index (κ1) is 17.8. The van der Waals surface area contributed by atoms with E-state index < -0.39 is 0 Å². The van der Waals surface area contributed by atoms with Crippen LogP contribution >= 0.6 is 0 Å². The molecule has 0 spiro atoms. The van der Waals surface area contributed by atoms with E-state index in [9.17, 15) is 9.90 Å². The van der Waals surface area contributed by atoms with Crippen molar-refractivity contribution >= 4 is 11.0 Å². The van der Waals surface area contributed by atoms with Gasteiger partial charge in [-0.05, 0) is 43.5 Å². The molecule has 1 aromatic heterocycles. The number of phenolic OH excluding ortho intramolecular Hbond substituents is 1. The highest BCUT2D eigenvalue weighted by molar-refractivity contribution is 5.82. The van der Waals surface area contributed by atoms with Crippen LogP contribution in [0.2, 0.25) is 0 Å². The molecule has 3 rings (SSSR count). The van der Waals surface area contributed by atoms with E-state index >= 15 is 0 Å². The van der Waals surface area contributed by atoms with Crippen LogP contribution < -0.4 is 5.63 Å². The van der Waals surface area contributed by atoms with Crippen LogP contribution in [-0.2, 0) is 11.2 Å². The Morgan fingerprint density at radius 1 is 1.12 bits per heavy atom. The SMILES string of the molecule is CCOC.Cc1c(Cc2ccccc2)c2ccc(O)cc2oc1=O. The number of benzene rings is 2. The molecule has 24 heavy (non-hydrogen) atoms. The lowest BCUT2D eigenvalue weighted by Crippen LogP contribution is -2.08. The topological polar surface area (TPSA) is 59.7 Å². The average molecular weight is 326 g/mol. The van der Waals surface area contributed by atoms with Crippen molar-refractivity contribution in [2.75, 3.05) is 13.7 Å². The fourth-order valence-corrected chi connectivity index (χ4v) is 2.37. The first-order valence-corrected chi connectivity index (χ1v) is 7.85. The Kier molecular flexibility index (Phi) is 6.15. The van der Waals surface area contributed by atoms with Gasteiger partial charge in [-0.3, -0.25) is 0 Å². The molecule has 2 aromatic carbocycles. The third-order valence-electron chi connectivity index (χ3n) is 3.76. The van der Waals surface area contributed by atoms with Crippen LogP contribution in [0, 0.1) is 6.92 Å². The van der Waals surface area contributed by atoms with E-state index in [4.69, 9.17) is 4.42 Å². The van der Waals surface area contributed by atoms with Crippen molar-refractivity contribution in [3.8, 4) is 5.75 Å². The third kappa shape index (κ3) is 4.24. The van der Waals surface area contributed by atoms with Crippen LogP contribution in [0.5, 0.6) is 5.75 Å². The van der Waals surface area contributed by atoms with E-state index in [1.807, 2.05) is 37.3 Å². The van der Waals surface area contributed by atoms with Gasteiger partial charge in [0.15, 0.2) is 0 Å². The molecule has 0 saturated heterocycles. The summed E-state index contributed by atoms with van der Waals surface area (Å²) in [5.74, 6) is 0.0927. The molecular weight excluding hydrogens is 304 g/mol. The Bertz CT molecular complexity index is 849. The number of hydrogen-bond donors (Lipinski definition) is 1. The molecule has 0 bridgehead atoms. The molecule has 0 aliphatic carbocycles. The van der Waals surface area contributed by atoms with Crippen LogP contribution in [0.15, 0.2) is 57.7 Å². The molecule has 126 valence electrons. The molecule has 0 radical (unpaired) electrons. The van der Waals surface area contributed by atoms with Crippen LogP contribution in [0.1, 0.15) is 23.6 Å². The Balaban J connectivity index is 0.000000471. The zero-order valence-corrected chi connectivity index (χ0v) is 14.2. The quantitative estimate of drug-likeness (QED) is 0.738. The molecule has 3 aromatic rings. The van der Waals surface area contributed by atoms with Gasteiger partial charge in [0, 0.05) is 30.7 Å². The second-order valence-electron chi connectivity index (χ2n) is 5.41. The van der Waals surface area contributed by atoms with Crippen molar-refractivity contribution < 1.29 is 14.3 Å². The fourth-order valence-electron chi connectivity index (χ4n) is 2.37. The second kappa shape index (κ2) is 8.31. The van der Waals surface area contributed by atoms with Gasteiger partial charge in [0.1, 0.15) is 11.3 Å². The molecule has 1 N–H and O–H groups in total. The van der Waals surface area contributed by atoms with Gasteiger partial charge < -0.3 is 14.3 Å².